The molecule has 0 aliphatic rings. The van der Waals surface area contributed by atoms with Gasteiger partial charge in [0.1, 0.15) is 24.1 Å². The van der Waals surface area contributed by atoms with E-state index in [0.717, 1.165) is 16.1 Å². The fourth-order valence-corrected chi connectivity index (χ4v) is 4.43. The summed E-state index contributed by atoms with van der Waals surface area (Å²) in [6.45, 7) is 3.69. The Morgan fingerprint density at radius 2 is 1.71 bits per heavy atom. The van der Waals surface area contributed by atoms with Gasteiger partial charge < -0.3 is 19.7 Å². The van der Waals surface area contributed by atoms with E-state index in [4.69, 9.17) is 9.47 Å². The van der Waals surface area contributed by atoms with Gasteiger partial charge >= 0.3 is 0 Å². The number of ether oxygens (including phenoxy) is 2. The highest BCUT2D eigenvalue weighted by Crippen LogP contribution is 2.33. The summed E-state index contributed by atoms with van der Waals surface area (Å²) in [6, 6.07) is 13.2. The van der Waals surface area contributed by atoms with Crippen molar-refractivity contribution in [3.8, 4) is 11.5 Å². The van der Waals surface area contributed by atoms with E-state index in [1.165, 1.54) is 25.2 Å². The molecule has 0 spiro atoms. The van der Waals surface area contributed by atoms with Crippen molar-refractivity contribution >= 4 is 27.5 Å². The molecule has 1 atom stereocenters. The van der Waals surface area contributed by atoms with Crippen LogP contribution in [0.4, 0.5) is 5.69 Å². The average Bonchev–Trinajstić information content (AvgIpc) is 2.82. The first kappa shape index (κ1) is 27.0. The summed E-state index contributed by atoms with van der Waals surface area (Å²) >= 11 is 0. The fourth-order valence-electron chi connectivity index (χ4n) is 3.58. The van der Waals surface area contributed by atoms with Crippen LogP contribution in [0.15, 0.2) is 48.5 Å². The van der Waals surface area contributed by atoms with E-state index in [0.29, 0.717) is 18.7 Å². The van der Waals surface area contributed by atoms with Crippen LogP contribution >= 0.6 is 0 Å². The number of benzene rings is 2. The van der Waals surface area contributed by atoms with E-state index >= 15 is 0 Å². The van der Waals surface area contributed by atoms with Gasteiger partial charge in [0, 0.05) is 19.2 Å². The largest absolute Gasteiger partial charge is 0.497 e. The average molecular weight is 492 g/mol. The van der Waals surface area contributed by atoms with Crippen molar-refractivity contribution in [1.82, 2.24) is 10.2 Å². The first-order valence-electron chi connectivity index (χ1n) is 11.0. The van der Waals surface area contributed by atoms with Crippen LogP contribution in [-0.2, 0) is 26.2 Å². The molecule has 1 N–H and O–H groups in total. The Hall–Kier alpha value is -3.27. The molecule has 0 unspecified atom stereocenters. The second-order valence-corrected chi connectivity index (χ2v) is 9.54. The molecule has 0 bridgehead atoms. The first-order valence-corrected chi connectivity index (χ1v) is 12.8. The standard InChI is InChI=1S/C24H33N3O6S/c1-6-20(24(29)25-7-2)26(16-18-11-9-8-10-12-18)23(28)17-27(34(5,30)31)21-14-13-19(32-3)15-22(21)33-4/h8-15,20H,6-7,16-17H2,1-5H3,(H,25,29)/t20-/m0/s1. The van der Waals surface area contributed by atoms with Crippen molar-refractivity contribution < 1.29 is 27.5 Å². The second-order valence-electron chi connectivity index (χ2n) is 7.63. The molecule has 0 aliphatic carbocycles. The molecule has 0 heterocycles. The highest BCUT2D eigenvalue weighted by molar-refractivity contribution is 7.92. The second kappa shape index (κ2) is 12.3. The number of amides is 2. The molecular weight excluding hydrogens is 458 g/mol. The molecule has 0 saturated heterocycles. The smallest absolute Gasteiger partial charge is 0.244 e. The predicted octanol–water partition coefficient (Wildman–Crippen LogP) is 2.41. The maximum atomic E-state index is 13.6. The summed E-state index contributed by atoms with van der Waals surface area (Å²) in [5, 5.41) is 2.77. The van der Waals surface area contributed by atoms with E-state index in [9.17, 15) is 18.0 Å². The Labute approximate surface area is 201 Å². The highest BCUT2D eigenvalue weighted by Gasteiger charge is 2.32. The van der Waals surface area contributed by atoms with E-state index in [-0.39, 0.29) is 23.9 Å². The molecule has 0 aromatic heterocycles. The number of nitrogens with one attached hydrogen (secondary N) is 1. The Kier molecular flexibility index (Phi) is 9.73. The van der Waals surface area contributed by atoms with Gasteiger partial charge in [-0.2, -0.15) is 0 Å². The quantitative estimate of drug-likeness (QED) is 0.489. The zero-order valence-electron chi connectivity index (χ0n) is 20.3. The minimum atomic E-state index is -3.87. The van der Waals surface area contributed by atoms with Crippen LogP contribution in [-0.4, -0.2) is 64.7 Å². The predicted molar refractivity (Wildman–Crippen MR) is 131 cm³/mol. The van der Waals surface area contributed by atoms with Crippen LogP contribution in [0, 0.1) is 0 Å². The molecule has 186 valence electrons. The molecule has 0 fully saturated rings. The lowest BCUT2D eigenvalue weighted by atomic mass is 10.1. The van der Waals surface area contributed by atoms with E-state index in [2.05, 4.69) is 5.32 Å². The molecule has 2 aromatic rings. The van der Waals surface area contributed by atoms with Gasteiger partial charge in [0.05, 0.1) is 26.2 Å². The van der Waals surface area contributed by atoms with Crippen molar-refractivity contribution in [2.24, 2.45) is 0 Å². The van der Waals surface area contributed by atoms with Crippen molar-refractivity contribution in [2.45, 2.75) is 32.9 Å². The molecule has 9 nitrogen and oxygen atoms in total. The molecule has 2 amide bonds. The van der Waals surface area contributed by atoms with E-state index < -0.39 is 28.5 Å². The highest BCUT2D eigenvalue weighted by atomic mass is 32.2. The van der Waals surface area contributed by atoms with Crippen LogP contribution in [0.3, 0.4) is 0 Å². The van der Waals surface area contributed by atoms with Gasteiger partial charge in [-0.25, -0.2) is 8.42 Å². The minimum Gasteiger partial charge on any atom is -0.497 e. The number of sulfonamides is 1. The number of carbonyl (C=O) groups is 2. The number of methoxy groups -OCH3 is 2. The molecule has 34 heavy (non-hydrogen) atoms. The minimum absolute atomic E-state index is 0.159. The Morgan fingerprint density at radius 1 is 1.03 bits per heavy atom. The number of carbonyl (C=O) groups excluding carboxylic acids is 2. The van der Waals surface area contributed by atoms with E-state index in [1.54, 1.807) is 19.1 Å². The van der Waals surface area contributed by atoms with E-state index in [1.807, 2.05) is 37.3 Å². The van der Waals surface area contributed by atoms with Gasteiger partial charge in [0.2, 0.25) is 21.8 Å². The van der Waals surface area contributed by atoms with Crippen LogP contribution in [0.2, 0.25) is 0 Å². The molecule has 10 heteroatoms. The third-order valence-corrected chi connectivity index (χ3v) is 6.39. The maximum Gasteiger partial charge on any atom is 0.244 e. The van der Waals surface area contributed by atoms with Gasteiger partial charge in [0.25, 0.3) is 0 Å². The van der Waals surface area contributed by atoms with Gasteiger partial charge in [-0.05, 0) is 31.0 Å². The van der Waals surface area contributed by atoms with Crippen molar-refractivity contribution in [1.29, 1.82) is 0 Å². The van der Waals surface area contributed by atoms with Gasteiger partial charge in [-0.1, -0.05) is 37.3 Å². The summed E-state index contributed by atoms with van der Waals surface area (Å²) < 4.78 is 37.0. The molecule has 2 aromatic carbocycles. The monoisotopic (exact) mass is 491 g/mol. The zero-order valence-corrected chi connectivity index (χ0v) is 21.1. The number of nitrogens with zero attached hydrogens (tertiary/aromatic N) is 2. The fraction of sp³-hybridized carbons (Fsp3) is 0.417. The molecule has 0 aliphatic heterocycles. The number of hydrogen-bond donors (Lipinski definition) is 1. The Morgan fingerprint density at radius 3 is 2.24 bits per heavy atom. The molecular formula is C24H33N3O6S. The summed E-state index contributed by atoms with van der Waals surface area (Å²) in [5.41, 5.74) is 1.02. The lowest BCUT2D eigenvalue weighted by Crippen LogP contribution is -2.52. The number of anilines is 1. The molecule has 2 rings (SSSR count). The van der Waals surface area contributed by atoms with Crippen molar-refractivity contribution in [3.63, 3.8) is 0 Å². The third kappa shape index (κ3) is 6.86. The van der Waals surface area contributed by atoms with Crippen LogP contribution in [0.5, 0.6) is 11.5 Å². The molecule has 0 saturated carbocycles. The SMILES string of the molecule is CCNC(=O)[C@H](CC)N(Cc1ccccc1)C(=O)CN(c1ccc(OC)cc1OC)S(C)(=O)=O. The summed E-state index contributed by atoms with van der Waals surface area (Å²) in [5.74, 6) is -0.0798. The lowest BCUT2D eigenvalue weighted by Gasteiger charge is -2.33. The number of hydrogen-bond acceptors (Lipinski definition) is 6. The third-order valence-electron chi connectivity index (χ3n) is 5.27. The van der Waals surface area contributed by atoms with Gasteiger partial charge in [-0.3, -0.25) is 13.9 Å². The van der Waals surface area contributed by atoms with Gasteiger partial charge in [0.15, 0.2) is 0 Å². The summed E-state index contributed by atoms with van der Waals surface area (Å²) in [6.07, 6.45) is 1.39. The van der Waals surface area contributed by atoms with Crippen molar-refractivity contribution in [3.05, 3.63) is 54.1 Å². The first-order chi connectivity index (χ1) is 16.2. The summed E-state index contributed by atoms with van der Waals surface area (Å²) in [7, 11) is -0.977. The van der Waals surface area contributed by atoms with Crippen molar-refractivity contribution in [2.75, 3.05) is 37.9 Å². The lowest BCUT2D eigenvalue weighted by molar-refractivity contribution is -0.140. The normalized spacial score (nSPS) is 11.9. The Balaban J connectivity index is 2.48. The number of rotatable bonds is 12. The van der Waals surface area contributed by atoms with Crippen LogP contribution in [0.1, 0.15) is 25.8 Å². The van der Waals surface area contributed by atoms with Crippen LogP contribution < -0.4 is 19.1 Å². The Bertz CT molecular complexity index is 1080. The zero-order chi connectivity index (χ0) is 25.3. The van der Waals surface area contributed by atoms with Gasteiger partial charge in [-0.15, -0.1) is 0 Å². The maximum absolute atomic E-state index is 13.6. The molecule has 0 radical (unpaired) electrons. The van der Waals surface area contributed by atoms with Crippen LogP contribution in [0.25, 0.3) is 0 Å². The topological polar surface area (TPSA) is 105 Å². The summed E-state index contributed by atoms with van der Waals surface area (Å²) in [4.78, 5) is 27.8. The number of likely N-dealkylation sites (N-methyl/N-ethyl adjacent to an activating group) is 1.